The van der Waals surface area contributed by atoms with Gasteiger partial charge in [-0.15, -0.1) is 0 Å². The molecule has 3 nitrogen and oxygen atoms in total. The van der Waals surface area contributed by atoms with Crippen LogP contribution in [0.3, 0.4) is 0 Å². The van der Waals surface area contributed by atoms with Gasteiger partial charge in [0, 0.05) is 13.2 Å². The summed E-state index contributed by atoms with van der Waals surface area (Å²) >= 11 is 0. The van der Waals surface area contributed by atoms with Gasteiger partial charge in [-0.25, -0.2) is 0 Å². The molecule has 0 saturated carbocycles. The largest absolute Gasteiger partial charge is 0.380 e. The van der Waals surface area contributed by atoms with Gasteiger partial charge in [0.1, 0.15) is 0 Å². The highest BCUT2D eigenvalue weighted by Crippen LogP contribution is 1.99. The van der Waals surface area contributed by atoms with Crippen molar-refractivity contribution in [1.82, 2.24) is 10.2 Å². The van der Waals surface area contributed by atoms with Gasteiger partial charge in [-0.2, -0.15) is 0 Å². The van der Waals surface area contributed by atoms with Gasteiger partial charge in [-0.05, 0) is 45.4 Å². The van der Waals surface area contributed by atoms with E-state index in [2.05, 4.69) is 31.0 Å². The van der Waals surface area contributed by atoms with E-state index < -0.39 is 0 Å². The summed E-state index contributed by atoms with van der Waals surface area (Å²) in [5.41, 5.74) is 0. The summed E-state index contributed by atoms with van der Waals surface area (Å²) in [5, 5.41) is 3.43. The lowest BCUT2D eigenvalue weighted by atomic mass is 10.2. The number of hydrogen-bond acceptors (Lipinski definition) is 3. The van der Waals surface area contributed by atoms with Crippen molar-refractivity contribution in [2.24, 2.45) is 0 Å². The predicted molar refractivity (Wildman–Crippen MR) is 80.2 cm³/mol. The zero-order valence-corrected chi connectivity index (χ0v) is 12.8. The van der Waals surface area contributed by atoms with E-state index >= 15 is 0 Å². The minimum absolute atomic E-state index is 0.889. The molecule has 0 radical (unpaired) electrons. The van der Waals surface area contributed by atoms with Crippen molar-refractivity contribution in [3.8, 4) is 0 Å². The first kappa shape index (κ1) is 17.9. The van der Waals surface area contributed by atoms with Crippen LogP contribution in [0.15, 0.2) is 0 Å². The summed E-state index contributed by atoms with van der Waals surface area (Å²) in [6.45, 7) is 14.1. The summed E-state index contributed by atoms with van der Waals surface area (Å²) in [7, 11) is 0. The summed E-state index contributed by atoms with van der Waals surface area (Å²) in [6.07, 6.45) is 6.39. The van der Waals surface area contributed by atoms with Crippen molar-refractivity contribution in [2.75, 3.05) is 45.9 Å². The average molecular weight is 258 g/mol. The quantitative estimate of drug-likeness (QED) is 0.485. The minimum Gasteiger partial charge on any atom is -0.380 e. The Balaban J connectivity index is 3.03. The average Bonchev–Trinajstić information content (AvgIpc) is 2.40. The molecule has 0 fully saturated rings. The molecule has 110 valence electrons. The van der Waals surface area contributed by atoms with E-state index in [4.69, 9.17) is 4.74 Å². The summed E-state index contributed by atoms with van der Waals surface area (Å²) < 4.78 is 5.66. The first-order chi connectivity index (χ1) is 8.85. The van der Waals surface area contributed by atoms with Crippen LogP contribution in [-0.4, -0.2) is 50.8 Å². The number of ether oxygens (including phenoxy) is 1. The molecular formula is C15H34N2O. The van der Waals surface area contributed by atoms with Gasteiger partial charge in [0.25, 0.3) is 0 Å². The molecule has 0 aromatic carbocycles. The molecule has 0 rings (SSSR count). The molecule has 1 N–H and O–H groups in total. The van der Waals surface area contributed by atoms with Crippen molar-refractivity contribution in [3.05, 3.63) is 0 Å². The Morgan fingerprint density at radius 3 is 2.22 bits per heavy atom. The van der Waals surface area contributed by atoms with Gasteiger partial charge in [0.15, 0.2) is 0 Å². The molecule has 0 atom stereocenters. The molecular weight excluding hydrogens is 224 g/mol. The normalized spacial score (nSPS) is 11.3. The number of likely N-dealkylation sites (N-methyl/N-ethyl adjacent to an activating group) is 1. The van der Waals surface area contributed by atoms with Gasteiger partial charge in [0.05, 0.1) is 6.61 Å². The van der Waals surface area contributed by atoms with E-state index in [-0.39, 0.29) is 0 Å². The molecule has 0 spiro atoms. The van der Waals surface area contributed by atoms with Crippen LogP contribution in [0, 0.1) is 0 Å². The van der Waals surface area contributed by atoms with E-state index in [1.54, 1.807) is 0 Å². The molecule has 3 heteroatoms. The maximum absolute atomic E-state index is 5.66. The predicted octanol–water partition coefficient (Wildman–Crippen LogP) is 2.90. The molecule has 0 amide bonds. The Morgan fingerprint density at radius 1 is 0.833 bits per heavy atom. The van der Waals surface area contributed by atoms with Crippen LogP contribution in [0.2, 0.25) is 0 Å². The van der Waals surface area contributed by atoms with Gasteiger partial charge in [-0.1, -0.05) is 33.6 Å². The second-order valence-electron chi connectivity index (χ2n) is 4.80. The van der Waals surface area contributed by atoms with Crippen LogP contribution < -0.4 is 5.32 Å². The first-order valence-corrected chi connectivity index (χ1v) is 7.85. The van der Waals surface area contributed by atoms with Crippen molar-refractivity contribution in [1.29, 1.82) is 0 Å². The smallest absolute Gasteiger partial charge is 0.0593 e. The maximum Gasteiger partial charge on any atom is 0.0593 e. The van der Waals surface area contributed by atoms with Crippen LogP contribution >= 0.6 is 0 Å². The molecule has 0 aromatic heterocycles. The molecule has 0 aliphatic heterocycles. The molecule has 0 aromatic rings. The third-order valence-electron chi connectivity index (χ3n) is 3.27. The lowest BCUT2D eigenvalue weighted by molar-refractivity contribution is 0.104. The van der Waals surface area contributed by atoms with Gasteiger partial charge >= 0.3 is 0 Å². The molecule has 0 bridgehead atoms. The number of hydrogen-bond donors (Lipinski definition) is 1. The highest BCUT2D eigenvalue weighted by atomic mass is 16.5. The molecule has 0 aliphatic rings. The maximum atomic E-state index is 5.66. The number of rotatable bonds is 14. The van der Waals surface area contributed by atoms with Crippen molar-refractivity contribution in [3.63, 3.8) is 0 Å². The molecule has 18 heavy (non-hydrogen) atoms. The molecule has 0 aliphatic carbocycles. The SMILES string of the molecule is CCCNCCCCCCOCCN(CC)CC. The third-order valence-corrected chi connectivity index (χ3v) is 3.27. The van der Waals surface area contributed by atoms with E-state index in [1.165, 1.54) is 38.6 Å². The fraction of sp³-hybridized carbons (Fsp3) is 1.00. The zero-order chi connectivity index (χ0) is 13.5. The fourth-order valence-corrected chi connectivity index (χ4v) is 1.95. The lowest BCUT2D eigenvalue weighted by Gasteiger charge is -2.17. The fourth-order valence-electron chi connectivity index (χ4n) is 1.95. The summed E-state index contributed by atoms with van der Waals surface area (Å²) in [4.78, 5) is 2.40. The van der Waals surface area contributed by atoms with Crippen molar-refractivity contribution in [2.45, 2.75) is 52.9 Å². The highest BCUT2D eigenvalue weighted by molar-refractivity contribution is 4.51. The molecule has 0 unspecified atom stereocenters. The van der Waals surface area contributed by atoms with E-state index in [0.717, 1.165) is 39.4 Å². The van der Waals surface area contributed by atoms with E-state index in [0.29, 0.717) is 0 Å². The highest BCUT2D eigenvalue weighted by Gasteiger charge is 1.97. The van der Waals surface area contributed by atoms with Crippen LogP contribution in [0.4, 0.5) is 0 Å². The number of nitrogens with zero attached hydrogens (tertiary/aromatic N) is 1. The Hall–Kier alpha value is -0.120. The molecule has 0 saturated heterocycles. The lowest BCUT2D eigenvalue weighted by Crippen LogP contribution is -2.27. The van der Waals surface area contributed by atoms with Crippen LogP contribution in [0.1, 0.15) is 52.9 Å². The van der Waals surface area contributed by atoms with Crippen LogP contribution in [0.5, 0.6) is 0 Å². The molecule has 0 heterocycles. The third kappa shape index (κ3) is 12.3. The zero-order valence-electron chi connectivity index (χ0n) is 12.8. The van der Waals surface area contributed by atoms with E-state index in [1.807, 2.05) is 0 Å². The van der Waals surface area contributed by atoms with Gasteiger partial charge < -0.3 is 15.0 Å². The Morgan fingerprint density at radius 2 is 1.56 bits per heavy atom. The second-order valence-corrected chi connectivity index (χ2v) is 4.80. The van der Waals surface area contributed by atoms with Crippen molar-refractivity contribution >= 4 is 0 Å². The first-order valence-electron chi connectivity index (χ1n) is 7.85. The van der Waals surface area contributed by atoms with E-state index in [9.17, 15) is 0 Å². The van der Waals surface area contributed by atoms with Gasteiger partial charge in [0.2, 0.25) is 0 Å². The topological polar surface area (TPSA) is 24.5 Å². The Bertz CT molecular complexity index is 149. The summed E-state index contributed by atoms with van der Waals surface area (Å²) in [5.74, 6) is 0. The van der Waals surface area contributed by atoms with Crippen LogP contribution in [0.25, 0.3) is 0 Å². The Kier molecular flexibility index (Phi) is 14.8. The monoisotopic (exact) mass is 258 g/mol. The standard InChI is InChI=1S/C15H34N2O/c1-4-11-16-12-9-7-8-10-14-18-15-13-17(5-2)6-3/h16H,4-15H2,1-3H3. The van der Waals surface area contributed by atoms with Crippen molar-refractivity contribution < 1.29 is 4.74 Å². The second kappa shape index (κ2) is 14.9. The minimum atomic E-state index is 0.889. The Labute approximate surface area is 114 Å². The van der Waals surface area contributed by atoms with Gasteiger partial charge in [-0.3, -0.25) is 0 Å². The number of nitrogens with one attached hydrogen (secondary N) is 1. The van der Waals surface area contributed by atoms with Crippen LogP contribution in [-0.2, 0) is 4.74 Å². The summed E-state index contributed by atoms with van der Waals surface area (Å²) in [6, 6.07) is 0. The number of unbranched alkanes of at least 4 members (excludes halogenated alkanes) is 3.